The van der Waals surface area contributed by atoms with Gasteiger partial charge in [-0.1, -0.05) is 81.4 Å². The maximum Gasteiger partial charge on any atom is 0.274 e. The lowest BCUT2D eigenvalue weighted by Gasteiger charge is -2.43. The van der Waals surface area contributed by atoms with Crippen molar-refractivity contribution in [3.63, 3.8) is 0 Å². The van der Waals surface area contributed by atoms with Crippen molar-refractivity contribution in [2.45, 2.75) is 38.8 Å². The quantitative estimate of drug-likeness (QED) is 0.246. The number of amides is 1. The van der Waals surface area contributed by atoms with E-state index in [2.05, 4.69) is 45.0 Å². The zero-order chi connectivity index (χ0) is 25.6. The smallest absolute Gasteiger partial charge is 0.274 e. The molecule has 3 aromatic rings. The highest BCUT2D eigenvalue weighted by Gasteiger charge is 2.50. The van der Waals surface area contributed by atoms with Gasteiger partial charge in [-0.25, -0.2) is 4.39 Å². The Kier molecular flexibility index (Phi) is 8.19. The van der Waals surface area contributed by atoms with Crippen molar-refractivity contribution in [2.75, 3.05) is 13.7 Å². The molecule has 8 heteroatoms. The fraction of sp³-hybridized carbons (Fsp3) is 0.296. The summed E-state index contributed by atoms with van der Waals surface area (Å²) in [4.78, 5) is 25.0. The molecule has 0 fully saturated rings. The number of halogens is 1. The summed E-state index contributed by atoms with van der Waals surface area (Å²) in [7, 11) is -1.21. The van der Waals surface area contributed by atoms with Gasteiger partial charge < -0.3 is 9.33 Å². The van der Waals surface area contributed by atoms with E-state index in [4.69, 9.17) is 4.43 Å². The molecule has 0 saturated heterocycles. The molecule has 0 atom stereocenters. The third-order valence-corrected chi connectivity index (χ3v) is 11.2. The minimum atomic E-state index is -2.77. The highest BCUT2D eigenvalue weighted by atomic mass is 28.4. The van der Waals surface area contributed by atoms with Gasteiger partial charge >= 0.3 is 0 Å². The van der Waals surface area contributed by atoms with Crippen molar-refractivity contribution in [1.82, 2.24) is 4.90 Å². The van der Waals surface area contributed by atoms with Crippen molar-refractivity contribution in [1.29, 1.82) is 0 Å². The number of benzene rings is 3. The molecule has 3 aromatic carbocycles. The van der Waals surface area contributed by atoms with E-state index >= 15 is 0 Å². The first-order chi connectivity index (χ1) is 16.6. The zero-order valence-electron chi connectivity index (χ0n) is 20.5. The van der Waals surface area contributed by atoms with Crippen LogP contribution in [-0.4, -0.2) is 37.7 Å². The topological polar surface area (TPSA) is 72.7 Å². The van der Waals surface area contributed by atoms with Crippen molar-refractivity contribution < 1.29 is 18.5 Å². The fourth-order valence-electron chi connectivity index (χ4n) is 4.45. The van der Waals surface area contributed by atoms with Crippen LogP contribution in [-0.2, 0) is 15.8 Å². The second-order valence-corrected chi connectivity index (χ2v) is 13.8. The molecular formula is C27H31FN2O4Si. The van der Waals surface area contributed by atoms with Crippen LogP contribution in [0.2, 0.25) is 5.04 Å². The standard InChI is InChI=1S/C27H31FN2O4Si/c1-27(2,3)35(23-11-7-5-8-12-23,24-13-9-6-10-14-24)34-18-17-26(31)29(4)20-21-19-22(28)15-16-25(21)30(32)33/h5-16,19H,17-18,20H2,1-4H3. The van der Waals surface area contributed by atoms with Gasteiger partial charge in [-0.2, -0.15) is 0 Å². The van der Waals surface area contributed by atoms with Crippen LogP contribution in [0.5, 0.6) is 0 Å². The van der Waals surface area contributed by atoms with Gasteiger partial charge in [0.1, 0.15) is 5.82 Å². The summed E-state index contributed by atoms with van der Waals surface area (Å²) in [6, 6.07) is 23.5. The Morgan fingerprint density at radius 3 is 2.03 bits per heavy atom. The molecule has 0 bridgehead atoms. The molecule has 6 nitrogen and oxygen atoms in total. The lowest BCUT2D eigenvalue weighted by atomic mass is 10.1. The Hall–Kier alpha value is -3.36. The molecule has 0 heterocycles. The van der Waals surface area contributed by atoms with Crippen molar-refractivity contribution in [3.8, 4) is 0 Å². The van der Waals surface area contributed by atoms with Crippen LogP contribution >= 0.6 is 0 Å². The van der Waals surface area contributed by atoms with Gasteiger partial charge in [-0.15, -0.1) is 0 Å². The van der Waals surface area contributed by atoms with Crippen molar-refractivity contribution >= 4 is 30.3 Å². The molecule has 0 N–H and O–H groups in total. The minimum absolute atomic E-state index is 0.0634. The van der Waals surface area contributed by atoms with Crippen LogP contribution in [0.15, 0.2) is 78.9 Å². The van der Waals surface area contributed by atoms with Gasteiger partial charge in [-0.05, 0) is 27.5 Å². The molecule has 0 spiro atoms. The zero-order valence-corrected chi connectivity index (χ0v) is 21.5. The SMILES string of the molecule is CN(Cc1cc(F)ccc1[N+](=O)[O-])C(=O)CCO[Si](c1ccccc1)(c1ccccc1)C(C)(C)C. The average molecular weight is 495 g/mol. The molecule has 0 aliphatic rings. The summed E-state index contributed by atoms with van der Waals surface area (Å²) in [5, 5.41) is 13.3. The normalized spacial score (nSPS) is 11.8. The van der Waals surface area contributed by atoms with Gasteiger partial charge in [-0.3, -0.25) is 14.9 Å². The number of rotatable bonds is 9. The third-order valence-electron chi connectivity index (χ3n) is 6.12. The van der Waals surface area contributed by atoms with E-state index in [0.29, 0.717) is 0 Å². The average Bonchev–Trinajstić information content (AvgIpc) is 2.82. The van der Waals surface area contributed by atoms with E-state index < -0.39 is 19.1 Å². The lowest BCUT2D eigenvalue weighted by molar-refractivity contribution is -0.385. The maximum atomic E-state index is 13.7. The molecule has 184 valence electrons. The largest absolute Gasteiger partial charge is 0.407 e. The Morgan fingerprint density at radius 2 is 1.54 bits per heavy atom. The molecule has 3 rings (SSSR count). The number of hydrogen-bond donors (Lipinski definition) is 0. The summed E-state index contributed by atoms with van der Waals surface area (Å²) < 4.78 is 20.4. The first-order valence-corrected chi connectivity index (χ1v) is 13.4. The highest BCUT2D eigenvalue weighted by Crippen LogP contribution is 2.36. The van der Waals surface area contributed by atoms with E-state index in [0.717, 1.165) is 28.6 Å². The van der Waals surface area contributed by atoms with Gasteiger partial charge in [0.25, 0.3) is 14.0 Å². The van der Waals surface area contributed by atoms with Crippen LogP contribution < -0.4 is 10.4 Å². The summed E-state index contributed by atoms with van der Waals surface area (Å²) in [6.45, 7) is 6.62. The molecule has 0 aliphatic heterocycles. The van der Waals surface area contributed by atoms with Crippen molar-refractivity contribution in [3.05, 3.63) is 100 Å². The van der Waals surface area contributed by atoms with Crippen LogP contribution in [0.3, 0.4) is 0 Å². The molecule has 0 aliphatic carbocycles. The Labute approximate surface area is 206 Å². The van der Waals surface area contributed by atoms with E-state index in [-0.39, 0.29) is 41.8 Å². The first kappa shape index (κ1) is 26.2. The predicted octanol–water partition coefficient (Wildman–Crippen LogP) is 4.66. The molecule has 0 saturated carbocycles. The summed E-state index contributed by atoms with van der Waals surface area (Å²) in [5.74, 6) is -0.817. The van der Waals surface area contributed by atoms with Gasteiger partial charge in [0, 0.05) is 26.1 Å². The van der Waals surface area contributed by atoms with E-state index in [1.165, 1.54) is 4.90 Å². The number of nitrogens with zero attached hydrogens (tertiary/aromatic N) is 2. The number of nitro groups is 1. The molecule has 1 amide bonds. The molecule has 0 radical (unpaired) electrons. The van der Waals surface area contributed by atoms with E-state index in [1.54, 1.807) is 7.05 Å². The minimum Gasteiger partial charge on any atom is -0.407 e. The predicted molar refractivity (Wildman–Crippen MR) is 138 cm³/mol. The fourth-order valence-corrected chi connectivity index (χ4v) is 9.01. The summed E-state index contributed by atoms with van der Waals surface area (Å²) in [6.07, 6.45) is 0.101. The number of carbonyl (C=O) groups is 1. The highest BCUT2D eigenvalue weighted by molar-refractivity contribution is 6.99. The van der Waals surface area contributed by atoms with Crippen LogP contribution in [0.25, 0.3) is 0 Å². The van der Waals surface area contributed by atoms with Crippen LogP contribution in [0.1, 0.15) is 32.8 Å². The Morgan fingerprint density at radius 1 is 1.00 bits per heavy atom. The van der Waals surface area contributed by atoms with Crippen LogP contribution in [0.4, 0.5) is 10.1 Å². The number of carbonyl (C=O) groups excluding carboxylic acids is 1. The van der Waals surface area contributed by atoms with E-state index in [1.807, 2.05) is 36.4 Å². The summed E-state index contributed by atoms with van der Waals surface area (Å²) in [5.41, 5.74) is -0.0617. The first-order valence-electron chi connectivity index (χ1n) is 11.5. The maximum absolute atomic E-state index is 13.7. The molecular weight excluding hydrogens is 463 g/mol. The van der Waals surface area contributed by atoms with Crippen molar-refractivity contribution in [2.24, 2.45) is 0 Å². The Balaban J connectivity index is 1.81. The Bertz CT molecular complexity index is 1130. The number of nitro benzene ring substituents is 1. The lowest BCUT2D eigenvalue weighted by Crippen LogP contribution is -2.66. The second kappa shape index (κ2) is 10.9. The summed E-state index contributed by atoms with van der Waals surface area (Å²) >= 11 is 0. The van der Waals surface area contributed by atoms with Crippen LogP contribution in [0, 0.1) is 15.9 Å². The second-order valence-electron chi connectivity index (χ2n) is 9.54. The van der Waals surface area contributed by atoms with Gasteiger partial charge in [0.05, 0.1) is 17.0 Å². The van der Waals surface area contributed by atoms with Gasteiger partial charge in [0.15, 0.2) is 0 Å². The van der Waals surface area contributed by atoms with Gasteiger partial charge in [0.2, 0.25) is 5.91 Å². The molecule has 35 heavy (non-hydrogen) atoms. The van der Waals surface area contributed by atoms with E-state index in [9.17, 15) is 19.3 Å². The number of hydrogen-bond acceptors (Lipinski definition) is 4. The monoisotopic (exact) mass is 494 g/mol. The molecule has 0 aromatic heterocycles. The third kappa shape index (κ3) is 5.83. The molecule has 0 unspecified atom stereocenters.